The molecule has 3 rings (SSSR count). The van der Waals surface area contributed by atoms with E-state index in [-0.39, 0.29) is 5.91 Å². The fourth-order valence-electron chi connectivity index (χ4n) is 3.14. The minimum absolute atomic E-state index is 0.189. The Kier molecular flexibility index (Phi) is 6.76. The molecule has 0 atom stereocenters. The van der Waals surface area contributed by atoms with Gasteiger partial charge in [0.2, 0.25) is 5.91 Å². The van der Waals surface area contributed by atoms with Crippen molar-refractivity contribution < 1.29 is 14.3 Å². The number of hydrogen-bond donors (Lipinski definition) is 1. The zero-order chi connectivity index (χ0) is 19.9. The number of carbonyl (C=O) groups is 1. The van der Waals surface area contributed by atoms with Crippen LogP contribution in [-0.2, 0) is 11.3 Å². The summed E-state index contributed by atoms with van der Waals surface area (Å²) in [6.07, 6.45) is 7.35. The van der Waals surface area contributed by atoms with Crippen LogP contribution >= 0.6 is 11.6 Å². The van der Waals surface area contributed by atoms with Gasteiger partial charge in [0.25, 0.3) is 0 Å². The topological polar surface area (TPSA) is 63.7 Å². The molecule has 1 fully saturated rings. The number of rotatable bonds is 7. The predicted molar refractivity (Wildman–Crippen MR) is 111 cm³/mol. The molecular weight excluding hydrogens is 378 g/mol. The van der Waals surface area contributed by atoms with Crippen molar-refractivity contribution in [3.63, 3.8) is 0 Å². The maximum absolute atomic E-state index is 12.2. The lowest BCUT2D eigenvalue weighted by molar-refractivity contribution is -0.116. The second kappa shape index (κ2) is 9.46. The van der Waals surface area contributed by atoms with E-state index in [2.05, 4.69) is 15.2 Å². The van der Waals surface area contributed by atoms with Crippen molar-refractivity contribution in [1.82, 2.24) is 10.3 Å². The molecule has 7 heteroatoms. The van der Waals surface area contributed by atoms with E-state index in [1.165, 1.54) is 26.0 Å². The summed E-state index contributed by atoms with van der Waals surface area (Å²) in [6.45, 7) is 2.53. The van der Waals surface area contributed by atoms with Gasteiger partial charge in [0.15, 0.2) is 11.5 Å². The lowest BCUT2D eigenvalue weighted by atomic mass is 10.2. The number of carbonyl (C=O) groups excluding carboxylic acids is 1. The number of hydrogen-bond acceptors (Lipinski definition) is 5. The number of benzene rings is 1. The molecule has 0 aliphatic carbocycles. The number of nitrogens with one attached hydrogen (secondary N) is 1. The zero-order valence-corrected chi connectivity index (χ0v) is 16.8. The number of pyridine rings is 1. The Morgan fingerprint density at radius 3 is 2.75 bits per heavy atom. The first-order valence-electron chi connectivity index (χ1n) is 9.18. The van der Waals surface area contributed by atoms with Crippen molar-refractivity contribution in [2.75, 3.05) is 32.2 Å². The van der Waals surface area contributed by atoms with Crippen LogP contribution in [0.25, 0.3) is 6.08 Å². The third-order valence-electron chi connectivity index (χ3n) is 4.59. The summed E-state index contributed by atoms with van der Waals surface area (Å²) in [4.78, 5) is 18.9. The van der Waals surface area contributed by atoms with Crippen LogP contribution in [0, 0.1) is 0 Å². The van der Waals surface area contributed by atoms with Gasteiger partial charge in [-0.1, -0.05) is 11.6 Å². The Labute approximate surface area is 170 Å². The molecule has 1 saturated heterocycles. The van der Waals surface area contributed by atoms with E-state index >= 15 is 0 Å². The van der Waals surface area contributed by atoms with E-state index in [1.54, 1.807) is 31.5 Å². The summed E-state index contributed by atoms with van der Waals surface area (Å²) in [6, 6.07) is 7.43. The highest BCUT2D eigenvalue weighted by atomic mass is 35.5. The zero-order valence-electron chi connectivity index (χ0n) is 16.1. The van der Waals surface area contributed by atoms with Gasteiger partial charge in [-0.3, -0.25) is 4.79 Å². The third kappa shape index (κ3) is 4.95. The van der Waals surface area contributed by atoms with E-state index < -0.39 is 0 Å². The Morgan fingerprint density at radius 1 is 1.25 bits per heavy atom. The van der Waals surface area contributed by atoms with Crippen LogP contribution in [-0.4, -0.2) is 38.2 Å². The molecule has 1 N–H and O–H groups in total. The van der Waals surface area contributed by atoms with Crippen LogP contribution in [0.4, 0.5) is 5.82 Å². The van der Waals surface area contributed by atoms with Gasteiger partial charge in [0.05, 0.1) is 19.2 Å². The van der Waals surface area contributed by atoms with E-state index in [0.29, 0.717) is 23.1 Å². The molecule has 148 valence electrons. The van der Waals surface area contributed by atoms with Crippen LogP contribution in [0.2, 0.25) is 5.02 Å². The quantitative estimate of drug-likeness (QED) is 0.717. The number of aromatic nitrogens is 1. The van der Waals surface area contributed by atoms with Crippen LogP contribution in [0.15, 0.2) is 36.5 Å². The van der Waals surface area contributed by atoms with Gasteiger partial charge in [0.1, 0.15) is 5.82 Å². The molecule has 0 saturated carbocycles. The van der Waals surface area contributed by atoms with Crippen LogP contribution in [0.5, 0.6) is 11.5 Å². The van der Waals surface area contributed by atoms with Crippen molar-refractivity contribution in [2.45, 2.75) is 19.4 Å². The third-order valence-corrected chi connectivity index (χ3v) is 4.87. The van der Waals surface area contributed by atoms with Gasteiger partial charge in [-0.2, -0.15) is 0 Å². The summed E-state index contributed by atoms with van der Waals surface area (Å²) >= 11 is 6.19. The first kappa shape index (κ1) is 20.0. The molecule has 2 heterocycles. The molecule has 28 heavy (non-hydrogen) atoms. The average Bonchev–Trinajstić information content (AvgIpc) is 3.25. The van der Waals surface area contributed by atoms with Gasteiger partial charge in [0, 0.05) is 31.9 Å². The first-order valence-corrected chi connectivity index (χ1v) is 9.56. The standard InChI is InChI=1S/C21H24ClN3O3/c1-27-18-12-15(11-17(22)21(18)28-2)5-6-20(26)24-14-16-7-8-23-19(13-16)25-9-3-4-10-25/h5-8,11-13H,3-4,9-10,14H2,1-2H3,(H,24,26)/b6-5+. The second-order valence-corrected chi connectivity index (χ2v) is 6.91. The number of ether oxygens (including phenoxy) is 2. The summed E-state index contributed by atoms with van der Waals surface area (Å²) in [5.41, 5.74) is 1.77. The molecule has 0 radical (unpaired) electrons. The SMILES string of the molecule is COc1cc(/C=C/C(=O)NCc2ccnc(N3CCCC3)c2)cc(Cl)c1OC. The molecule has 0 unspecified atom stereocenters. The van der Waals surface area contributed by atoms with Crippen LogP contribution in [0.1, 0.15) is 24.0 Å². The highest BCUT2D eigenvalue weighted by Crippen LogP contribution is 2.36. The molecule has 0 bridgehead atoms. The summed E-state index contributed by atoms with van der Waals surface area (Å²) in [5, 5.41) is 3.32. The number of amides is 1. The van der Waals surface area contributed by atoms with E-state index in [9.17, 15) is 4.79 Å². The smallest absolute Gasteiger partial charge is 0.244 e. The molecular formula is C21H24ClN3O3. The molecule has 1 amide bonds. The highest BCUT2D eigenvalue weighted by molar-refractivity contribution is 6.32. The highest BCUT2D eigenvalue weighted by Gasteiger charge is 2.13. The summed E-state index contributed by atoms with van der Waals surface area (Å²) in [7, 11) is 3.07. The lowest BCUT2D eigenvalue weighted by Crippen LogP contribution is -2.22. The predicted octanol–water partition coefficient (Wildman–Crippen LogP) is 3.68. The van der Waals surface area contributed by atoms with Crippen molar-refractivity contribution >= 4 is 29.4 Å². The number of methoxy groups -OCH3 is 2. The van der Waals surface area contributed by atoms with E-state index in [1.807, 2.05) is 12.1 Å². The molecule has 6 nitrogen and oxygen atoms in total. The average molecular weight is 402 g/mol. The molecule has 0 spiro atoms. The molecule has 1 aliphatic heterocycles. The molecule has 1 aromatic heterocycles. The molecule has 1 aliphatic rings. The Bertz CT molecular complexity index is 864. The minimum atomic E-state index is -0.189. The molecule has 1 aromatic carbocycles. The van der Waals surface area contributed by atoms with Gasteiger partial charge in [-0.25, -0.2) is 4.98 Å². The molecule has 2 aromatic rings. The maximum atomic E-state index is 12.2. The fraction of sp³-hybridized carbons (Fsp3) is 0.333. The second-order valence-electron chi connectivity index (χ2n) is 6.51. The number of nitrogens with zero attached hydrogens (tertiary/aromatic N) is 2. The normalized spacial score (nSPS) is 13.8. The Balaban J connectivity index is 1.60. The van der Waals surface area contributed by atoms with Gasteiger partial charge in [-0.05, 0) is 54.3 Å². The van der Waals surface area contributed by atoms with Gasteiger partial charge < -0.3 is 19.7 Å². The number of anilines is 1. The Morgan fingerprint density at radius 2 is 2.04 bits per heavy atom. The van der Waals surface area contributed by atoms with E-state index in [0.717, 1.165) is 30.0 Å². The van der Waals surface area contributed by atoms with Crippen molar-refractivity contribution in [3.8, 4) is 11.5 Å². The monoisotopic (exact) mass is 401 g/mol. The largest absolute Gasteiger partial charge is 0.493 e. The van der Waals surface area contributed by atoms with E-state index in [4.69, 9.17) is 21.1 Å². The maximum Gasteiger partial charge on any atom is 0.244 e. The van der Waals surface area contributed by atoms with Crippen molar-refractivity contribution in [1.29, 1.82) is 0 Å². The Hall–Kier alpha value is -2.73. The van der Waals surface area contributed by atoms with Crippen molar-refractivity contribution in [2.24, 2.45) is 0 Å². The van der Waals surface area contributed by atoms with Gasteiger partial charge in [-0.15, -0.1) is 0 Å². The summed E-state index contributed by atoms with van der Waals surface area (Å²) in [5.74, 6) is 1.77. The van der Waals surface area contributed by atoms with Gasteiger partial charge >= 0.3 is 0 Å². The minimum Gasteiger partial charge on any atom is -0.493 e. The fourth-order valence-corrected chi connectivity index (χ4v) is 3.44. The number of halogens is 1. The lowest BCUT2D eigenvalue weighted by Gasteiger charge is -2.16. The van der Waals surface area contributed by atoms with Crippen molar-refractivity contribution in [3.05, 3.63) is 52.7 Å². The van der Waals surface area contributed by atoms with Crippen LogP contribution in [0.3, 0.4) is 0 Å². The first-order chi connectivity index (χ1) is 13.6. The van der Waals surface area contributed by atoms with Crippen LogP contribution < -0.4 is 19.7 Å². The summed E-state index contributed by atoms with van der Waals surface area (Å²) < 4.78 is 10.5.